The summed E-state index contributed by atoms with van der Waals surface area (Å²) in [5.41, 5.74) is 4.56. The van der Waals surface area contributed by atoms with Gasteiger partial charge in [-0.05, 0) is 62.4 Å². The molecule has 0 atom stereocenters. The molecule has 2 aromatic carbocycles. The third-order valence-electron chi connectivity index (χ3n) is 5.83. The molecule has 1 fully saturated rings. The van der Waals surface area contributed by atoms with Crippen LogP contribution < -0.4 is 4.74 Å². The summed E-state index contributed by atoms with van der Waals surface area (Å²) in [6.07, 6.45) is 5.25. The molecule has 0 N–H and O–H groups in total. The Morgan fingerprint density at radius 2 is 1.84 bits per heavy atom. The molecule has 0 aliphatic heterocycles. The first-order valence-corrected chi connectivity index (χ1v) is 12.8. The van der Waals surface area contributed by atoms with Gasteiger partial charge in [0.2, 0.25) is 0 Å². The lowest BCUT2D eigenvalue weighted by atomic mass is 10.1. The summed E-state index contributed by atoms with van der Waals surface area (Å²) in [4.78, 5) is 4.83. The molecule has 4 aromatic rings. The van der Waals surface area contributed by atoms with Gasteiger partial charge in [0.05, 0.1) is 11.8 Å². The van der Waals surface area contributed by atoms with Crippen LogP contribution in [0.15, 0.2) is 59.1 Å². The van der Waals surface area contributed by atoms with Crippen molar-refractivity contribution >= 4 is 23.1 Å². The van der Waals surface area contributed by atoms with Gasteiger partial charge >= 0.3 is 0 Å². The topological polar surface area (TPSA) is 52.8 Å². The third-order valence-corrected chi connectivity index (χ3v) is 7.81. The Kier molecular flexibility index (Phi) is 6.28. The van der Waals surface area contributed by atoms with Crippen LogP contribution in [0.2, 0.25) is 0 Å². The number of aromatic nitrogens is 4. The minimum absolute atomic E-state index is 0.371. The average Bonchev–Trinajstić information content (AvgIpc) is 3.56. The number of hydrogen-bond acceptors (Lipinski definition) is 6. The van der Waals surface area contributed by atoms with Crippen molar-refractivity contribution in [3.63, 3.8) is 0 Å². The molecule has 1 saturated carbocycles. The Bertz CT molecular complexity index is 1190. The summed E-state index contributed by atoms with van der Waals surface area (Å²) in [6, 6.07) is 16.6. The molecule has 0 spiro atoms. The largest absolute Gasteiger partial charge is 0.490 e. The first-order valence-electron chi connectivity index (χ1n) is 11.0. The molecule has 1 aliphatic rings. The van der Waals surface area contributed by atoms with Gasteiger partial charge in [-0.1, -0.05) is 36.0 Å². The molecule has 0 bridgehead atoms. The fourth-order valence-corrected chi connectivity index (χ4v) is 5.84. The van der Waals surface area contributed by atoms with Crippen molar-refractivity contribution in [3.05, 3.63) is 65.2 Å². The highest BCUT2D eigenvalue weighted by Crippen LogP contribution is 2.31. The fourth-order valence-electron chi connectivity index (χ4n) is 4.02. The zero-order valence-electron chi connectivity index (χ0n) is 18.3. The molecule has 2 heterocycles. The monoisotopic (exact) mass is 462 g/mol. The summed E-state index contributed by atoms with van der Waals surface area (Å²) >= 11 is 3.35. The smallest absolute Gasteiger partial charge is 0.191 e. The summed E-state index contributed by atoms with van der Waals surface area (Å²) in [5.74, 6) is 2.56. The van der Waals surface area contributed by atoms with Gasteiger partial charge in [0.25, 0.3) is 0 Å². The van der Waals surface area contributed by atoms with Crippen LogP contribution in [0.25, 0.3) is 22.0 Å². The van der Waals surface area contributed by atoms with Gasteiger partial charge < -0.3 is 9.30 Å². The van der Waals surface area contributed by atoms with E-state index in [9.17, 15) is 0 Å². The van der Waals surface area contributed by atoms with E-state index in [0.717, 1.165) is 51.6 Å². The number of nitrogens with zero attached hydrogens (tertiary/aromatic N) is 4. The van der Waals surface area contributed by atoms with Gasteiger partial charge in [-0.25, -0.2) is 4.98 Å². The van der Waals surface area contributed by atoms with Gasteiger partial charge in [-0.2, -0.15) is 0 Å². The Morgan fingerprint density at radius 3 is 2.62 bits per heavy atom. The standard InChI is InChI=1S/C25H26N4OS2/c1-17-7-3-6-10-22(17)24-26-19(15-31-24)16-32-25-28-27-23(29(25)2)18-11-13-21(14-12-18)30-20-8-4-5-9-20/h3,6-7,10-15,20H,4-5,8-9,16H2,1-2H3. The lowest BCUT2D eigenvalue weighted by molar-refractivity contribution is 0.210. The molecule has 0 radical (unpaired) electrons. The molecule has 2 aromatic heterocycles. The summed E-state index contributed by atoms with van der Waals surface area (Å²) in [6.45, 7) is 2.12. The molecule has 7 heteroatoms. The Hall–Kier alpha value is -2.64. The second kappa shape index (κ2) is 9.46. The minimum atomic E-state index is 0.371. The molecule has 32 heavy (non-hydrogen) atoms. The van der Waals surface area contributed by atoms with Crippen molar-refractivity contribution in [2.24, 2.45) is 7.05 Å². The van der Waals surface area contributed by atoms with E-state index in [0.29, 0.717) is 6.10 Å². The van der Waals surface area contributed by atoms with Crippen molar-refractivity contribution in [2.75, 3.05) is 0 Å². The molecule has 0 amide bonds. The maximum atomic E-state index is 6.08. The van der Waals surface area contributed by atoms with E-state index in [1.54, 1.807) is 23.1 Å². The summed E-state index contributed by atoms with van der Waals surface area (Å²) in [5, 5.41) is 12.9. The van der Waals surface area contributed by atoms with E-state index in [4.69, 9.17) is 9.72 Å². The predicted molar refractivity (Wildman–Crippen MR) is 131 cm³/mol. The predicted octanol–water partition coefficient (Wildman–Crippen LogP) is 6.53. The number of benzene rings is 2. The lowest BCUT2D eigenvalue weighted by Gasteiger charge is -2.13. The first kappa shape index (κ1) is 21.2. The van der Waals surface area contributed by atoms with Crippen LogP contribution in [0.1, 0.15) is 36.9 Å². The number of aryl methyl sites for hydroxylation is 1. The molecule has 5 nitrogen and oxygen atoms in total. The molecule has 164 valence electrons. The maximum Gasteiger partial charge on any atom is 0.191 e. The van der Waals surface area contributed by atoms with Crippen LogP contribution in [0.5, 0.6) is 5.75 Å². The number of ether oxygens (including phenoxy) is 1. The van der Waals surface area contributed by atoms with Crippen LogP contribution in [0.4, 0.5) is 0 Å². The maximum absolute atomic E-state index is 6.08. The van der Waals surface area contributed by atoms with Gasteiger partial charge in [-0.3, -0.25) is 0 Å². The summed E-state index contributed by atoms with van der Waals surface area (Å²) < 4.78 is 8.13. The quantitative estimate of drug-likeness (QED) is 0.292. The molecule has 0 saturated heterocycles. The molecule has 1 aliphatic carbocycles. The number of rotatable bonds is 7. The van der Waals surface area contributed by atoms with Crippen molar-refractivity contribution in [3.8, 4) is 27.7 Å². The molecular formula is C25H26N4OS2. The van der Waals surface area contributed by atoms with Crippen LogP contribution >= 0.6 is 23.1 Å². The van der Waals surface area contributed by atoms with Gasteiger partial charge in [-0.15, -0.1) is 21.5 Å². The average molecular weight is 463 g/mol. The van der Waals surface area contributed by atoms with Crippen molar-refractivity contribution in [2.45, 2.75) is 49.6 Å². The van der Waals surface area contributed by atoms with Crippen LogP contribution in [-0.4, -0.2) is 25.9 Å². The highest BCUT2D eigenvalue weighted by Gasteiger charge is 2.17. The Morgan fingerprint density at radius 1 is 1.06 bits per heavy atom. The van der Waals surface area contributed by atoms with E-state index in [1.165, 1.54) is 24.0 Å². The molecule has 0 unspecified atom stereocenters. The highest BCUT2D eigenvalue weighted by molar-refractivity contribution is 7.98. The number of hydrogen-bond donors (Lipinski definition) is 0. The second-order valence-corrected chi connectivity index (χ2v) is 9.96. The fraction of sp³-hybridized carbons (Fsp3) is 0.320. The molecule has 5 rings (SSSR count). The lowest BCUT2D eigenvalue weighted by Crippen LogP contribution is -2.10. The second-order valence-electron chi connectivity index (χ2n) is 8.16. The number of thiazole rings is 1. The number of thioether (sulfide) groups is 1. The third kappa shape index (κ3) is 4.59. The van der Waals surface area contributed by atoms with E-state index in [-0.39, 0.29) is 0 Å². The van der Waals surface area contributed by atoms with Gasteiger partial charge in [0.15, 0.2) is 11.0 Å². The van der Waals surface area contributed by atoms with Crippen molar-refractivity contribution in [1.82, 2.24) is 19.7 Å². The normalized spacial score (nSPS) is 14.2. The van der Waals surface area contributed by atoms with Crippen LogP contribution in [0, 0.1) is 6.92 Å². The minimum Gasteiger partial charge on any atom is -0.490 e. The van der Waals surface area contributed by atoms with E-state index >= 15 is 0 Å². The Balaban J connectivity index is 1.24. The van der Waals surface area contributed by atoms with Crippen LogP contribution in [0.3, 0.4) is 0 Å². The van der Waals surface area contributed by atoms with E-state index in [2.05, 4.69) is 58.9 Å². The van der Waals surface area contributed by atoms with Crippen molar-refractivity contribution < 1.29 is 4.74 Å². The summed E-state index contributed by atoms with van der Waals surface area (Å²) in [7, 11) is 2.01. The van der Waals surface area contributed by atoms with Crippen LogP contribution in [-0.2, 0) is 12.8 Å². The van der Waals surface area contributed by atoms with Crippen molar-refractivity contribution in [1.29, 1.82) is 0 Å². The van der Waals surface area contributed by atoms with Gasteiger partial charge in [0, 0.05) is 29.3 Å². The SMILES string of the molecule is Cc1ccccc1-c1nc(CSc2nnc(-c3ccc(OC4CCCC4)cc3)n2C)cs1. The first-order chi connectivity index (χ1) is 15.7. The Labute approximate surface area is 196 Å². The van der Waals surface area contributed by atoms with Gasteiger partial charge in [0.1, 0.15) is 10.8 Å². The highest BCUT2D eigenvalue weighted by atomic mass is 32.2. The van der Waals surface area contributed by atoms with E-state index < -0.39 is 0 Å². The molecular weight excluding hydrogens is 436 g/mol. The zero-order chi connectivity index (χ0) is 21.9. The zero-order valence-corrected chi connectivity index (χ0v) is 20.0. The van der Waals surface area contributed by atoms with E-state index in [1.807, 2.05) is 23.7 Å².